The first kappa shape index (κ1) is 10.3. The summed E-state index contributed by atoms with van der Waals surface area (Å²) in [6.45, 7) is 5.68. The van der Waals surface area contributed by atoms with Crippen LogP contribution < -0.4 is 0 Å². The van der Waals surface area contributed by atoms with E-state index in [9.17, 15) is 4.79 Å². The number of carbonyl (C=O) groups is 1. The topological polar surface area (TPSA) is 17.1 Å². The van der Waals surface area contributed by atoms with Gasteiger partial charge in [-0.25, -0.2) is 0 Å². The van der Waals surface area contributed by atoms with Crippen LogP contribution in [0.3, 0.4) is 0 Å². The first-order valence-corrected chi connectivity index (χ1v) is 4.74. The molecule has 0 fully saturated rings. The van der Waals surface area contributed by atoms with Gasteiger partial charge in [-0.3, -0.25) is 4.79 Å². The van der Waals surface area contributed by atoms with Gasteiger partial charge in [0.1, 0.15) is 0 Å². The summed E-state index contributed by atoms with van der Waals surface area (Å²) in [6, 6.07) is 3.74. The van der Waals surface area contributed by atoms with Crippen LogP contribution in [0.15, 0.2) is 12.1 Å². The van der Waals surface area contributed by atoms with Crippen molar-refractivity contribution in [2.45, 2.75) is 27.2 Å². The molecule has 0 unspecified atom stereocenters. The third-order valence-corrected chi connectivity index (χ3v) is 2.78. The summed E-state index contributed by atoms with van der Waals surface area (Å²) in [5.41, 5.74) is 2.67. The number of carbonyl (C=O) groups excluding carboxylic acids is 1. The maximum Gasteiger partial charge on any atom is 0.162 e. The molecule has 0 amide bonds. The van der Waals surface area contributed by atoms with E-state index in [0.29, 0.717) is 11.4 Å². The normalized spacial score (nSPS) is 10.2. The lowest BCUT2D eigenvalue weighted by Gasteiger charge is -2.07. The smallest absolute Gasteiger partial charge is 0.162 e. The Kier molecular flexibility index (Phi) is 3.10. The Hall–Kier alpha value is -0.820. The Morgan fingerprint density at radius 3 is 2.54 bits per heavy atom. The van der Waals surface area contributed by atoms with E-state index in [0.717, 1.165) is 16.7 Å². The summed E-state index contributed by atoms with van der Waals surface area (Å²) in [5, 5.41) is 0.708. The van der Waals surface area contributed by atoms with E-state index in [1.165, 1.54) is 0 Å². The molecule has 0 saturated heterocycles. The number of benzene rings is 1. The Morgan fingerprint density at radius 2 is 2.00 bits per heavy atom. The first-order valence-electron chi connectivity index (χ1n) is 4.36. The number of Topliss-reactive ketones (excluding diaryl/α,β-unsaturated/α-hetero) is 1. The van der Waals surface area contributed by atoms with Crippen LogP contribution >= 0.6 is 11.6 Å². The van der Waals surface area contributed by atoms with Crippen molar-refractivity contribution in [3.8, 4) is 0 Å². The highest BCUT2D eigenvalue weighted by Crippen LogP contribution is 2.23. The monoisotopic (exact) mass is 196 g/mol. The van der Waals surface area contributed by atoms with Crippen molar-refractivity contribution in [3.63, 3.8) is 0 Å². The molecule has 70 valence electrons. The zero-order valence-electron chi connectivity index (χ0n) is 8.15. The standard InChI is InChI=1S/C11H13ClO/c1-4-10(13)9-6-5-7(2)11(12)8(9)3/h5-6H,4H2,1-3H3. The van der Waals surface area contributed by atoms with E-state index in [-0.39, 0.29) is 5.78 Å². The third kappa shape index (κ3) is 1.92. The van der Waals surface area contributed by atoms with Gasteiger partial charge in [-0.1, -0.05) is 30.7 Å². The van der Waals surface area contributed by atoms with Gasteiger partial charge in [-0.15, -0.1) is 0 Å². The lowest BCUT2D eigenvalue weighted by Crippen LogP contribution is -2.00. The molecule has 0 N–H and O–H groups in total. The number of hydrogen-bond donors (Lipinski definition) is 0. The predicted octanol–water partition coefficient (Wildman–Crippen LogP) is 3.55. The lowest BCUT2D eigenvalue weighted by atomic mass is 10.0. The number of hydrogen-bond acceptors (Lipinski definition) is 1. The van der Waals surface area contributed by atoms with Crippen molar-refractivity contribution in [2.24, 2.45) is 0 Å². The van der Waals surface area contributed by atoms with Gasteiger partial charge in [0.15, 0.2) is 5.78 Å². The van der Waals surface area contributed by atoms with Crippen molar-refractivity contribution < 1.29 is 4.79 Å². The summed E-state index contributed by atoms with van der Waals surface area (Å²) in [4.78, 5) is 11.4. The highest BCUT2D eigenvalue weighted by Gasteiger charge is 2.10. The van der Waals surface area contributed by atoms with Gasteiger partial charge in [0.2, 0.25) is 0 Å². The molecule has 0 aliphatic carbocycles. The van der Waals surface area contributed by atoms with Crippen LogP contribution in [-0.4, -0.2) is 5.78 Å². The van der Waals surface area contributed by atoms with Crippen LogP contribution in [0.1, 0.15) is 34.8 Å². The zero-order chi connectivity index (χ0) is 10.0. The van der Waals surface area contributed by atoms with Crippen LogP contribution in [0.2, 0.25) is 5.02 Å². The fourth-order valence-corrected chi connectivity index (χ4v) is 1.48. The van der Waals surface area contributed by atoms with E-state index in [2.05, 4.69) is 0 Å². The van der Waals surface area contributed by atoms with Crippen LogP contribution in [-0.2, 0) is 0 Å². The van der Waals surface area contributed by atoms with Crippen LogP contribution in [0.25, 0.3) is 0 Å². The molecule has 2 heteroatoms. The minimum atomic E-state index is 0.152. The molecule has 1 nitrogen and oxygen atoms in total. The van der Waals surface area contributed by atoms with Gasteiger partial charge >= 0.3 is 0 Å². The number of rotatable bonds is 2. The Morgan fingerprint density at radius 1 is 1.38 bits per heavy atom. The third-order valence-electron chi connectivity index (χ3n) is 2.20. The molecule has 0 aliphatic rings. The van der Waals surface area contributed by atoms with Gasteiger partial charge in [0, 0.05) is 17.0 Å². The molecule has 1 rings (SSSR count). The highest BCUT2D eigenvalue weighted by atomic mass is 35.5. The average Bonchev–Trinajstić information content (AvgIpc) is 2.13. The summed E-state index contributed by atoms with van der Waals surface area (Å²) >= 11 is 6.03. The first-order chi connectivity index (χ1) is 6.07. The molecule has 0 heterocycles. The largest absolute Gasteiger partial charge is 0.294 e. The van der Waals surface area contributed by atoms with E-state index in [1.54, 1.807) is 0 Å². The summed E-state index contributed by atoms with van der Waals surface area (Å²) in [6.07, 6.45) is 0.528. The van der Waals surface area contributed by atoms with Crippen molar-refractivity contribution in [1.82, 2.24) is 0 Å². The molecule has 0 radical (unpaired) electrons. The minimum absolute atomic E-state index is 0.152. The second-order valence-corrected chi connectivity index (χ2v) is 3.52. The average molecular weight is 197 g/mol. The van der Waals surface area contributed by atoms with Crippen molar-refractivity contribution in [1.29, 1.82) is 0 Å². The second kappa shape index (κ2) is 3.93. The number of aryl methyl sites for hydroxylation is 1. The van der Waals surface area contributed by atoms with Crippen LogP contribution in [0.4, 0.5) is 0 Å². The molecular formula is C11H13ClO. The predicted molar refractivity (Wildman–Crippen MR) is 55.5 cm³/mol. The molecule has 1 aromatic carbocycles. The van der Waals surface area contributed by atoms with Crippen LogP contribution in [0, 0.1) is 13.8 Å². The van der Waals surface area contributed by atoms with E-state index in [4.69, 9.17) is 11.6 Å². The van der Waals surface area contributed by atoms with Gasteiger partial charge in [-0.2, -0.15) is 0 Å². The SMILES string of the molecule is CCC(=O)c1ccc(C)c(Cl)c1C. The van der Waals surface area contributed by atoms with Gasteiger partial charge in [0.25, 0.3) is 0 Å². The minimum Gasteiger partial charge on any atom is -0.294 e. The molecule has 0 bridgehead atoms. The van der Waals surface area contributed by atoms with E-state index >= 15 is 0 Å². The van der Waals surface area contributed by atoms with Gasteiger partial charge in [0.05, 0.1) is 0 Å². The molecule has 0 aliphatic heterocycles. The Bertz CT molecular complexity index is 342. The van der Waals surface area contributed by atoms with Crippen molar-refractivity contribution in [2.75, 3.05) is 0 Å². The molecule has 0 aromatic heterocycles. The zero-order valence-corrected chi connectivity index (χ0v) is 8.90. The van der Waals surface area contributed by atoms with Gasteiger partial charge in [-0.05, 0) is 25.0 Å². The van der Waals surface area contributed by atoms with E-state index in [1.807, 2.05) is 32.9 Å². The van der Waals surface area contributed by atoms with E-state index < -0.39 is 0 Å². The Balaban J connectivity index is 3.26. The molecular weight excluding hydrogens is 184 g/mol. The van der Waals surface area contributed by atoms with Gasteiger partial charge < -0.3 is 0 Å². The maximum atomic E-state index is 11.4. The lowest BCUT2D eigenvalue weighted by molar-refractivity contribution is 0.0987. The fourth-order valence-electron chi connectivity index (χ4n) is 1.31. The molecule has 13 heavy (non-hydrogen) atoms. The highest BCUT2D eigenvalue weighted by molar-refractivity contribution is 6.32. The van der Waals surface area contributed by atoms with Crippen molar-refractivity contribution in [3.05, 3.63) is 33.8 Å². The van der Waals surface area contributed by atoms with Crippen LogP contribution in [0.5, 0.6) is 0 Å². The molecule has 0 spiro atoms. The second-order valence-electron chi connectivity index (χ2n) is 3.15. The Labute approximate surface area is 83.7 Å². The summed E-state index contributed by atoms with van der Waals surface area (Å²) < 4.78 is 0. The molecule has 0 atom stereocenters. The summed E-state index contributed by atoms with van der Waals surface area (Å²) in [7, 11) is 0. The summed E-state index contributed by atoms with van der Waals surface area (Å²) in [5.74, 6) is 0.152. The molecule has 0 saturated carbocycles. The fraction of sp³-hybridized carbons (Fsp3) is 0.364. The maximum absolute atomic E-state index is 11.4. The molecule has 1 aromatic rings. The number of halogens is 1. The number of ketones is 1. The van der Waals surface area contributed by atoms with Crippen molar-refractivity contribution >= 4 is 17.4 Å². The quantitative estimate of drug-likeness (QED) is 0.662.